The van der Waals surface area contributed by atoms with Crippen molar-refractivity contribution in [2.24, 2.45) is 0 Å². The third kappa shape index (κ3) is 4.59. The van der Waals surface area contributed by atoms with Crippen molar-refractivity contribution in [3.05, 3.63) is 63.9 Å². The number of methoxy groups -OCH3 is 1. The number of unbranched alkanes of at least 4 members (excludes halogenated alkanes) is 3. The van der Waals surface area contributed by atoms with Crippen LogP contribution < -0.4 is 19.9 Å². The first kappa shape index (κ1) is 24.0. The molecule has 8 heteroatoms. The van der Waals surface area contributed by atoms with Crippen molar-refractivity contribution < 1.29 is 14.2 Å². The number of aromatic amines is 1. The number of para-hydroxylation sites is 1. The van der Waals surface area contributed by atoms with Gasteiger partial charge in [-0.25, -0.2) is 4.90 Å². The highest BCUT2D eigenvalue weighted by molar-refractivity contribution is 7.99. The van der Waals surface area contributed by atoms with Crippen LogP contribution in [0.5, 0.6) is 5.75 Å². The second kappa shape index (κ2) is 10.4. The molecule has 0 radical (unpaired) electrons. The van der Waals surface area contributed by atoms with Gasteiger partial charge in [-0.05, 0) is 53.9 Å². The number of amides is 1. The fourth-order valence-corrected chi connectivity index (χ4v) is 5.29. The lowest BCUT2D eigenvalue weighted by Gasteiger charge is -2.31. The lowest BCUT2D eigenvalue weighted by atomic mass is 10.0. The maximum absolute atomic E-state index is 13.4. The molecule has 0 saturated carbocycles. The molecule has 0 aliphatic carbocycles. The molecule has 4 rings (SSSR count). The van der Waals surface area contributed by atoms with E-state index in [9.17, 15) is 9.59 Å². The summed E-state index contributed by atoms with van der Waals surface area (Å²) in [5.74, 6) is 1.52. The number of benzene rings is 2. The van der Waals surface area contributed by atoms with E-state index in [1.165, 1.54) is 12.8 Å². The molecule has 1 aromatic heterocycles. The number of thioether (sulfide) groups is 1. The normalized spacial score (nSPS) is 14.5. The fourth-order valence-electron chi connectivity index (χ4n) is 4.44. The van der Waals surface area contributed by atoms with Crippen LogP contribution in [0.1, 0.15) is 56.8 Å². The highest BCUT2D eigenvalue weighted by atomic mass is 32.2. The van der Waals surface area contributed by atoms with E-state index in [1.54, 1.807) is 35.4 Å². The summed E-state index contributed by atoms with van der Waals surface area (Å²) in [5.41, 5.74) is 3.41. The number of carbonyl (C=O) groups excluding carboxylic acids is 1. The van der Waals surface area contributed by atoms with E-state index in [0.29, 0.717) is 22.1 Å². The Hall–Kier alpha value is -3.13. The minimum atomic E-state index is -0.589. The van der Waals surface area contributed by atoms with Gasteiger partial charge in [0.25, 0.3) is 6.17 Å². The summed E-state index contributed by atoms with van der Waals surface area (Å²) >= 11 is 1.54. The van der Waals surface area contributed by atoms with Gasteiger partial charge in [0, 0.05) is 23.3 Å². The molecule has 3 aromatic rings. The Morgan fingerprint density at radius 3 is 2.71 bits per heavy atom. The number of rotatable bonds is 8. The van der Waals surface area contributed by atoms with Crippen LogP contribution in [-0.2, 0) is 4.79 Å². The van der Waals surface area contributed by atoms with Crippen LogP contribution in [0, 0.1) is 6.92 Å². The number of fused-ring (bicyclic) bond motifs is 3. The van der Waals surface area contributed by atoms with Crippen molar-refractivity contribution in [3.63, 3.8) is 0 Å². The first-order valence-corrected chi connectivity index (χ1v) is 12.7. The van der Waals surface area contributed by atoms with Crippen molar-refractivity contribution in [3.8, 4) is 17.0 Å². The van der Waals surface area contributed by atoms with Gasteiger partial charge in [0.1, 0.15) is 5.75 Å². The molecule has 7 nitrogen and oxygen atoms in total. The molecule has 1 amide bonds. The van der Waals surface area contributed by atoms with E-state index in [-0.39, 0.29) is 11.5 Å². The van der Waals surface area contributed by atoms with Crippen molar-refractivity contribution >= 4 is 23.4 Å². The summed E-state index contributed by atoms with van der Waals surface area (Å²) in [4.78, 5) is 31.0. The molecule has 178 valence electrons. The molecule has 0 spiro atoms. The van der Waals surface area contributed by atoms with Crippen molar-refractivity contribution in [1.82, 2.24) is 10.1 Å². The number of hydrogen-bond donors (Lipinski definition) is 1. The number of ether oxygens (including phenoxy) is 1. The van der Waals surface area contributed by atoms with Gasteiger partial charge >= 0.3 is 11.3 Å². The van der Waals surface area contributed by atoms with Crippen molar-refractivity contribution in [2.75, 3.05) is 17.8 Å². The number of carbonyl (C=O) groups is 1. The van der Waals surface area contributed by atoms with E-state index in [2.05, 4.69) is 11.9 Å². The van der Waals surface area contributed by atoms with E-state index in [0.717, 1.165) is 35.5 Å². The van der Waals surface area contributed by atoms with Crippen LogP contribution in [0.2, 0.25) is 0 Å². The summed E-state index contributed by atoms with van der Waals surface area (Å²) in [6.07, 6.45) is 4.01. The Balaban J connectivity index is 1.86. The molecular formula is C26H31N4O3S+. The molecule has 0 bridgehead atoms. The highest BCUT2D eigenvalue weighted by Gasteiger charge is 2.44. The zero-order valence-electron chi connectivity index (χ0n) is 20.1. The van der Waals surface area contributed by atoms with Gasteiger partial charge in [-0.2, -0.15) is 0 Å². The zero-order chi connectivity index (χ0) is 24.2. The number of aromatic nitrogens is 3. The number of anilines is 1. The molecule has 1 aliphatic heterocycles. The smallest absolute Gasteiger partial charge is 0.325 e. The number of nitrogens with one attached hydrogen (secondary N) is 1. The zero-order valence-corrected chi connectivity index (χ0v) is 20.9. The fraction of sp³-hybridized carbons (Fsp3) is 0.385. The molecule has 1 N–H and O–H groups in total. The minimum Gasteiger partial charge on any atom is -0.496 e. The first-order chi connectivity index (χ1) is 16.5. The average Bonchev–Trinajstić information content (AvgIpc) is 2.82. The van der Waals surface area contributed by atoms with Crippen LogP contribution >= 0.6 is 11.8 Å². The SMILES string of the molecule is CCCCCCSc1n[n+]2c(c(=O)[nH]1)-c1ccccc1N(C(C)=O)[C@H]2c1ccc(OC)c(C)c1. The molecule has 0 unspecified atom stereocenters. The third-order valence-corrected chi connectivity index (χ3v) is 7.00. The van der Waals surface area contributed by atoms with Crippen LogP contribution in [-0.4, -0.2) is 28.9 Å². The topological polar surface area (TPSA) is 79.2 Å². The summed E-state index contributed by atoms with van der Waals surface area (Å²) in [6, 6.07) is 13.3. The average molecular weight is 480 g/mol. The molecule has 2 aromatic carbocycles. The molecule has 0 fully saturated rings. The van der Waals surface area contributed by atoms with Gasteiger partial charge in [-0.3, -0.25) is 14.6 Å². The molecule has 34 heavy (non-hydrogen) atoms. The Labute approximate surface area is 204 Å². The van der Waals surface area contributed by atoms with Crippen molar-refractivity contribution in [2.45, 2.75) is 57.8 Å². The summed E-state index contributed by atoms with van der Waals surface area (Å²) in [6.45, 7) is 5.69. The number of aryl methyl sites for hydroxylation is 1. The van der Waals surface area contributed by atoms with Gasteiger partial charge in [0.05, 0.1) is 18.4 Å². The second-order valence-electron chi connectivity index (χ2n) is 8.47. The highest BCUT2D eigenvalue weighted by Crippen LogP contribution is 2.38. The van der Waals surface area contributed by atoms with E-state index in [1.807, 2.05) is 49.4 Å². The lowest BCUT2D eigenvalue weighted by molar-refractivity contribution is -0.763. The van der Waals surface area contributed by atoms with Crippen LogP contribution in [0.4, 0.5) is 5.69 Å². The molecule has 0 saturated heterocycles. The van der Waals surface area contributed by atoms with Crippen LogP contribution in [0.25, 0.3) is 11.3 Å². The molecule has 1 aliphatic rings. The number of hydrogen-bond acceptors (Lipinski definition) is 5. The quantitative estimate of drug-likeness (QED) is 0.290. The predicted molar refractivity (Wildman–Crippen MR) is 134 cm³/mol. The Morgan fingerprint density at radius 1 is 1.21 bits per heavy atom. The first-order valence-electron chi connectivity index (χ1n) is 11.7. The third-order valence-electron chi connectivity index (χ3n) is 6.05. The largest absolute Gasteiger partial charge is 0.496 e. The van der Waals surface area contributed by atoms with Gasteiger partial charge in [-0.1, -0.05) is 50.1 Å². The Bertz CT molecular complexity index is 1260. The second-order valence-corrected chi connectivity index (χ2v) is 9.55. The summed E-state index contributed by atoms with van der Waals surface area (Å²) in [7, 11) is 1.63. The van der Waals surface area contributed by atoms with Gasteiger partial charge < -0.3 is 4.74 Å². The number of H-pyrrole nitrogens is 1. The van der Waals surface area contributed by atoms with E-state index >= 15 is 0 Å². The molecule has 2 heterocycles. The Morgan fingerprint density at radius 2 is 2.00 bits per heavy atom. The van der Waals surface area contributed by atoms with Crippen LogP contribution in [0.3, 0.4) is 0 Å². The maximum Gasteiger partial charge on any atom is 0.325 e. The summed E-state index contributed by atoms with van der Waals surface area (Å²) < 4.78 is 7.14. The number of nitrogens with zero attached hydrogens (tertiary/aromatic N) is 3. The van der Waals surface area contributed by atoms with E-state index in [4.69, 9.17) is 9.84 Å². The minimum absolute atomic E-state index is 0.125. The van der Waals surface area contributed by atoms with Crippen molar-refractivity contribution in [1.29, 1.82) is 0 Å². The summed E-state index contributed by atoms with van der Waals surface area (Å²) in [5, 5.41) is 5.41. The maximum atomic E-state index is 13.4. The van der Waals surface area contributed by atoms with E-state index < -0.39 is 6.17 Å². The molecule has 1 atom stereocenters. The monoisotopic (exact) mass is 479 g/mol. The van der Waals surface area contributed by atoms with Gasteiger partial charge in [0.15, 0.2) is 0 Å². The standard InChI is InChI=1S/C26H30N4O3S/c1-5-6-7-10-15-34-26-27-24(32)23-20-11-8-9-12-21(20)29(18(3)31)25(30(23)28-26)19-13-14-22(33-4)17(2)16-19/h8-9,11-14,16,25H,5-7,10,15H2,1-4H3/p+1/t25-/m1/s1. The Kier molecular flexibility index (Phi) is 7.36. The molecular weight excluding hydrogens is 448 g/mol. The van der Waals surface area contributed by atoms with Gasteiger partial charge in [-0.15, -0.1) is 0 Å². The lowest BCUT2D eigenvalue weighted by Crippen LogP contribution is -2.60. The predicted octanol–water partition coefficient (Wildman–Crippen LogP) is 4.63. The van der Waals surface area contributed by atoms with Crippen LogP contribution in [0.15, 0.2) is 52.4 Å². The van der Waals surface area contributed by atoms with Gasteiger partial charge in [0.2, 0.25) is 11.1 Å².